The number of benzene rings is 1. The van der Waals surface area contributed by atoms with Gasteiger partial charge in [0.05, 0.1) is 0 Å². The molecule has 1 fully saturated rings. The lowest BCUT2D eigenvalue weighted by Gasteiger charge is -2.01. The van der Waals surface area contributed by atoms with Crippen LogP contribution in [-0.4, -0.2) is 23.2 Å². The van der Waals surface area contributed by atoms with Crippen LogP contribution in [0.3, 0.4) is 0 Å². The Balaban J connectivity index is 1.60. The molecule has 0 bridgehead atoms. The van der Waals surface area contributed by atoms with Gasteiger partial charge < -0.3 is 14.3 Å². The zero-order chi connectivity index (χ0) is 13.4. The summed E-state index contributed by atoms with van der Waals surface area (Å²) in [5, 5.41) is 8.41. The lowest BCUT2D eigenvalue weighted by molar-refractivity contribution is 0.357. The van der Waals surface area contributed by atoms with E-state index in [2.05, 4.69) is 15.5 Å². The van der Waals surface area contributed by atoms with Gasteiger partial charge in [0.2, 0.25) is 11.7 Å². The molecule has 4 rings (SSSR count). The van der Waals surface area contributed by atoms with Crippen molar-refractivity contribution in [1.29, 1.82) is 0 Å². The molecule has 0 amide bonds. The Kier molecular flexibility index (Phi) is 2.77. The molecular formula is C15H15N3O2. The first-order valence-electron chi connectivity index (χ1n) is 6.91. The maximum absolute atomic E-state index is 5.74. The van der Waals surface area contributed by atoms with Gasteiger partial charge in [-0.3, -0.25) is 0 Å². The first-order valence-corrected chi connectivity index (χ1v) is 6.91. The summed E-state index contributed by atoms with van der Waals surface area (Å²) in [5.74, 6) is 2.47. The standard InChI is InChI=1S/C15H15N3O2/c1-2-4-12-11(3-1)8-13(19-12)15-17-14(20-18-15)7-10-5-6-16-9-10/h1-4,8,10,16H,5-7,9H2. The number of nitrogens with one attached hydrogen (secondary N) is 1. The van der Waals surface area contributed by atoms with E-state index < -0.39 is 0 Å². The second-order valence-corrected chi connectivity index (χ2v) is 5.22. The normalized spacial score (nSPS) is 18.9. The summed E-state index contributed by atoms with van der Waals surface area (Å²) in [6, 6.07) is 9.82. The Labute approximate surface area is 116 Å². The maximum Gasteiger partial charge on any atom is 0.238 e. The third kappa shape index (κ3) is 2.10. The van der Waals surface area contributed by atoms with E-state index in [0.29, 0.717) is 23.4 Å². The van der Waals surface area contributed by atoms with Crippen LogP contribution in [0.2, 0.25) is 0 Å². The van der Waals surface area contributed by atoms with Gasteiger partial charge in [-0.25, -0.2) is 0 Å². The molecule has 5 nitrogen and oxygen atoms in total. The second kappa shape index (κ2) is 4.76. The fourth-order valence-corrected chi connectivity index (χ4v) is 2.67. The number of para-hydroxylation sites is 1. The van der Waals surface area contributed by atoms with Gasteiger partial charge in [-0.05, 0) is 37.6 Å². The summed E-state index contributed by atoms with van der Waals surface area (Å²) in [6.07, 6.45) is 2.00. The Morgan fingerprint density at radius 1 is 1.30 bits per heavy atom. The van der Waals surface area contributed by atoms with Crippen molar-refractivity contribution in [1.82, 2.24) is 15.5 Å². The predicted octanol–water partition coefficient (Wildman–Crippen LogP) is 2.63. The van der Waals surface area contributed by atoms with Crippen LogP contribution in [0.4, 0.5) is 0 Å². The molecule has 102 valence electrons. The van der Waals surface area contributed by atoms with Crippen LogP contribution in [-0.2, 0) is 6.42 Å². The minimum absolute atomic E-state index is 0.530. The van der Waals surface area contributed by atoms with E-state index in [0.717, 1.165) is 30.5 Å². The molecule has 1 N–H and O–H groups in total. The van der Waals surface area contributed by atoms with Gasteiger partial charge >= 0.3 is 0 Å². The minimum atomic E-state index is 0.530. The number of fused-ring (bicyclic) bond motifs is 1. The molecule has 0 saturated carbocycles. The highest BCUT2D eigenvalue weighted by Crippen LogP contribution is 2.26. The van der Waals surface area contributed by atoms with Gasteiger partial charge in [0.15, 0.2) is 5.76 Å². The fraction of sp³-hybridized carbons (Fsp3) is 0.333. The number of hydrogen-bond acceptors (Lipinski definition) is 5. The van der Waals surface area contributed by atoms with Crippen molar-refractivity contribution in [3.05, 3.63) is 36.2 Å². The molecule has 2 aromatic heterocycles. The van der Waals surface area contributed by atoms with Gasteiger partial charge in [0, 0.05) is 11.8 Å². The molecule has 1 atom stereocenters. The van der Waals surface area contributed by atoms with E-state index in [4.69, 9.17) is 8.94 Å². The van der Waals surface area contributed by atoms with Crippen molar-refractivity contribution in [3.8, 4) is 11.6 Å². The summed E-state index contributed by atoms with van der Waals surface area (Å²) >= 11 is 0. The highest BCUT2D eigenvalue weighted by Gasteiger charge is 2.19. The van der Waals surface area contributed by atoms with E-state index in [1.54, 1.807) is 0 Å². The quantitative estimate of drug-likeness (QED) is 0.792. The molecule has 1 aliphatic heterocycles. The summed E-state index contributed by atoms with van der Waals surface area (Å²) < 4.78 is 11.1. The van der Waals surface area contributed by atoms with Crippen LogP contribution in [0.1, 0.15) is 12.3 Å². The number of aromatic nitrogens is 2. The van der Waals surface area contributed by atoms with E-state index >= 15 is 0 Å². The summed E-state index contributed by atoms with van der Waals surface area (Å²) in [5.41, 5.74) is 0.842. The average Bonchev–Trinajstić information content (AvgIpc) is 3.18. The molecule has 0 radical (unpaired) electrons. The highest BCUT2D eigenvalue weighted by molar-refractivity contribution is 5.81. The molecule has 3 aromatic rings. The molecule has 1 saturated heterocycles. The van der Waals surface area contributed by atoms with Crippen molar-refractivity contribution in [2.75, 3.05) is 13.1 Å². The number of rotatable bonds is 3. The van der Waals surface area contributed by atoms with Gasteiger partial charge in [-0.2, -0.15) is 4.98 Å². The van der Waals surface area contributed by atoms with Gasteiger partial charge in [-0.1, -0.05) is 23.4 Å². The Bertz CT molecular complexity index is 692. The van der Waals surface area contributed by atoms with Crippen LogP contribution in [0, 0.1) is 5.92 Å². The molecule has 1 unspecified atom stereocenters. The summed E-state index contributed by atoms with van der Waals surface area (Å²) in [4.78, 5) is 4.44. The van der Waals surface area contributed by atoms with Crippen molar-refractivity contribution in [2.45, 2.75) is 12.8 Å². The number of furan rings is 1. The maximum atomic E-state index is 5.74. The molecular weight excluding hydrogens is 254 g/mol. The average molecular weight is 269 g/mol. The zero-order valence-electron chi connectivity index (χ0n) is 11.0. The Morgan fingerprint density at radius 3 is 3.10 bits per heavy atom. The van der Waals surface area contributed by atoms with Crippen LogP contribution in [0.15, 0.2) is 39.3 Å². The largest absolute Gasteiger partial charge is 0.453 e. The number of hydrogen-bond donors (Lipinski definition) is 1. The summed E-state index contributed by atoms with van der Waals surface area (Å²) in [6.45, 7) is 2.11. The summed E-state index contributed by atoms with van der Waals surface area (Å²) in [7, 11) is 0. The van der Waals surface area contributed by atoms with E-state index in [1.807, 2.05) is 30.3 Å². The first-order chi connectivity index (χ1) is 9.88. The first kappa shape index (κ1) is 11.7. The van der Waals surface area contributed by atoms with E-state index in [-0.39, 0.29) is 0 Å². The fourth-order valence-electron chi connectivity index (χ4n) is 2.67. The highest BCUT2D eigenvalue weighted by atomic mass is 16.5. The topological polar surface area (TPSA) is 64.1 Å². The van der Waals surface area contributed by atoms with Crippen molar-refractivity contribution in [3.63, 3.8) is 0 Å². The minimum Gasteiger partial charge on any atom is -0.453 e. The molecule has 20 heavy (non-hydrogen) atoms. The molecule has 3 heterocycles. The van der Waals surface area contributed by atoms with Crippen LogP contribution >= 0.6 is 0 Å². The second-order valence-electron chi connectivity index (χ2n) is 5.22. The predicted molar refractivity (Wildman–Crippen MR) is 74.2 cm³/mol. The Morgan fingerprint density at radius 2 is 2.25 bits per heavy atom. The SMILES string of the molecule is c1ccc2oc(-c3noc(CC4CCNC4)n3)cc2c1. The van der Waals surface area contributed by atoms with Crippen molar-refractivity contribution in [2.24, 2.45) is 5.92 Å². The molecule has 5 heteroatoms. The molecule has 0 aliphatic carbocycles. The third-order valence-corrected chi connectivity index (χ3v) is 3.74. The molecule has 0 spiro atoms. The Hall–Kier alpha value is -2.14. The van der Waals surface area contributed by atoms with Gasteiger partial charge in [-0.15, -0.1) is 0 Å². The van der Waals surface area contributed by atoms with Gasteiger partial charge in [0.25, 0.3) is 0 Å². The zero-order valence-corrected chi connectivity index (χ0v) is 11.0. The van der Waals surface area contributed by atoms with Crippen molar-refractivity contribution < 1.29 is 8.94 Å². The van der Waals surface area contributed by atoms with Crippen LogP contribution < -0.4 is 5.32 Å². The van der Waals surface area contributed by atoms with E-state index in [9.17, 15) is 0 Å². The lowest BCUT2D eigenvalue weighted by Crippen LogP contribution is -2.10. The van der Waals surface area contributed by atoms with Crippen LogP contribution in [0.5, 0.6) is 0 Å². The molecule has 1 aliphatic rings. The van der Waals surface area contributed by atoms with E-state index in [1.165, 1.54) is 6.42 Å². The number of nitrogens with zero attached hydrogens (tertiary/aromatic N) is 2. The third-order valence-electron chi connectivity index (χ3n) is 3.74. The molecule has 1 aromatic carbocycles. The van der Waals surface area contributed by atoms with Crippen LogP contribution in [0.25, 0.3) is 22.6 Å². The lowest BCUT2D eigenvalue weighted by atomic mass is 10.1. The smallest absolute Gasteiger partial charge is 0.238 e. The van der Waals surface area contributed by atoms with Crippen molar-refractivity contribution >= 4 is 11.0 Å². The monoisotopic (exact) mass is 269 g/mol. The van der Waals surface area contributed by atoms with Gasteiger partial charge in [0.1, 0.15) is 5.58 Å².